The zero-order valence-electron chi connectivity index (χ0n) is 36.6. The monoisotopic (exact) mass is 788 g/mol. The zero-order chi connectivity index (χ0) is 40.4. The van der Waals surface area contributed by atoms with Gasteiger partial charge in [0.05, 0.1) is 39.1 Å². The molecule has 0 N–H and O–H groups in total. The van der Waals surface area contributed by atoms with Crippen molar-refractivity contribution in [3.8, 4) is 0 Å². The Morgan fingerprint density at radius 2 is 1.29 bits per heavy atom. The topological polar surface area (TPSA) is 83.5 Å². The molecule has 0 amide bonds. The first-order valence-electron chi connectivity index (χ1n) is 23.4. The van der Waals surface area contributed by atoms with Gasteiger partial charge in [-0.25, -0.2) is 0 Å². The molecule has 2 saturated heterocycles. The van der Waals surface area contributed by atoms with Crippen LogP contribution in [0.3, 0.4) is 0 Å². The molecule has 0 aliphatic carbocycles. The quantitative estimate of drug-likeness (QED) is 0.0353. The van der Waals surface area contributed by atoms with Crippen molar-refractivity contribution in [3.63, 3.8) is 0 Å². The van der Waals surface area contributed by atoms with Crippen LogP contribution in [0.4, 0.5) is 0 Å². The van der Waals surface area contributed by atoms with Crippen LogP contribution in [0.5, 0.6) is 0 Å². The molecule has 324 valence electrons. The molecule has 2 rings (SSSR count). The number of carbonyl (C=O) groups is 2. The molecule has 2 fully saturated rings. The summed E-state index contributed by atoms with van der Waals surface area (Å²) in [5.41, 5.74) is 5.67. The van der Waals surface area contributed by atoms with E-state index in [1.807, 2.05) is 6.08 Å². The number of morpholine rings is 1. The summed E-state index contributed by atoms with van der Waals surface area (Å²) in [5, 5.41) is 0. The zero-order valence-corrected chi connectivity index (χ0v) is 36.6. The molecule has 2 aliphatic rings. The van der Waals surface area contributed by atoms with Gasteiger partial charge in [0, 0.05) is 45.3 Å². The molecule has 0 aromatic carbocycles. The third kappa shape index (κ3) is 26.2. The van der Waals surface area contributed by atoms with Gasteiger partial charge in [-0.2, -0.15) is 0 Å². The Bertz CT molecular complexity index is 1060. The Morgan fingerprint density at radius 3 is 1.86 bits per heavy atom. The van der Waals surface area contributed by atoms with Crippen molar-refractivity contribution in [2.75, 3.05) is 52.7 Å². The lowest BCUT2D eigenvalue weighted by Crippen LogP contribution is -2.38. The molecule has 2 aliphatic heterocycles. The van der Waals surface area contributed by atoms with Crippen LogP contribution in [-0.2, 0) is 33.3 Å². The average Bonchev–Trinajstić information content (AvgIpc) is 3.61. The molecule has 2 heterocycles. The Morgan fingerprint density at radius 1 is 0.750 bits per heavy atom. The molecule has 0 bridgehead atoms. The highest BCUT2D eigenvalue weighted by Crippen LogP contribution is 2.36. The maximum absolute atomic E-state index is 12.3. The molecular formula is C48H85NO7. The van der Waals surface area contributed by atoms with Gasteiger partial charge in [0.1, 0.15) is 0 Å². The van der Waals surface area contributed by atoms with Gasteiger partial charge in [0.2, 0.25) is 0 Å². The molecule has 0 radical (unpaired) electrons. The first kappa shape index (κ1) is 50.2. The second-order valence-corrected chi connectivity index (χ2v) is 16.8. The van der Waals surface area contributed by atoms with Crippen LogP contribution in [-0.4, -0.2) is 81.4 Å². The third-order valence-electron chi connectivity index (χ3n) is 11.7. The highest BCUT2D eigenvalue weighted by molar-refractivity contribution is 5.69. The van der Waals surface area contributed by atoms with Crippen LogP contribution < -0.4 is 0 Å². The lowest BCUT2D eigenvalue weighted by Gasteiger charge is -2.30. The van der Waals surface area contributed by atoms with Gasteiger partial charge < -0.3 is 23.7 Å². The maximum atomic E-state index is 12.3. The summed E-state index contributed by atoms with van der Waals surface area (Å²) in [4.78, 5) is 26.9. The van der Waals surface area contributed by atoms with Crippen molar-refractivity contribution >= 4 is 11.9 Å². The van der Waals surface area contributed by atoms with Crippen LogP contribution in [0, 0.1) is 11.8 Å². The summed E-state index contributed by atoms with van der Waals surface area (Å²) < 4.78 is 29.8. The maximum Gasteiger partial charge on any atom is 0.305 e. The van der Waals surface area contributed by atoms with Crippen molar-refractivity contribution in [2.24, 2.45) is 11.8 Å². The van der Waals surface area contributed by atoms with E-state index in [1.54, 1.807) is 0 Å². The fraction of sp³-hybridized carbons (Fsp3) is 0.875. The Kier molecular flexibility index (Phi) is 30.5. The number of ether oxygens (including phenoxy) is 5. The predicted molar refractivity (Wildman–Crippen MR) is 229 cm³/mol. The molecule has 56 heavy (non-hydrogen) atoms. The summed E-state index contributed by atoms with van der Waals surface area (Å²) in [6.45, 7) is 16.7. The first-order chi connectivity index (χ1) is 27.4. The summed E-state index contributed by atoms with van der Waals surface area (Å²) in [7, 11) is 0. The molecular weight excluding hydrogens is 703 g/mol. The average molecular weight is 788 g/mol. The summed E-state index contributed by atoms with van der Waals surface area (Å²) >= 11 is 0. The first-order valence-corrected chi connectivity index (χ1v) is 23.4. The van der Waals surface area contributed by atoms with Crippen molar-refractivity contribution in [1.29, 1.82) is 0 Å². The van der Waals surface area contributed by atoms with E-state index in [0.29, 0.717) is 44.5 Å². The molecule has 0 aromatic heterocycles. The predicted octanol–water partition coefficient (Wildman–Crippen LogP) is 11.8. The van der Waals surface area contributed by atoms with Gasteiger partial charge in [-0.15, -0.1) is 0 Å². The third-order valence-corrected chi connectivity index (χ3v) is 11.7. The van der Waals surface area contributed by atoms with Crippen LogP contribution in [0.1, 0.15) is 194 Å². The molecule has 0 aromatic rings. The van der Waals surface area contributed by atoms with Gasteiger partial charge in [0.15, 0.2) is 5.79 Å². The van der Waals surface area contributed by atoms with Crippen LogP contribution in [0.25, 0.3) is 0 Å². The van der Waals surface area contributed by atoms with Gasteiger partial charge in [-0.3, -0.25) is 14.5 Å². The van der Waals surface area contributed by atoms with E-state index in [9.17, 15) is 9.59 Å². The van der Waals surface area contributed by atoms with Crippen molar-refractivity contribution in [2.45, 2.75) is 206 Å². The van der Waals surface area contributed by atoms with Crippen LogP contribution in [0.2, 0.25) is 0 Å². The van der Waals surface area contributed by atoms with E-state index in [2.05, 4.69) is 43.7 Å². The van der Waals surface area contributed by atoms with Gasteiger partial charge in [0.25, 0.3) is 0 Å². The number of hydrogen-bond acceptors (Lipinski definition) is 8. The Hall–Kier alpha value is -1.92. The standard InChI is InChI=1S/C48H85NO7/c1-5-8-25-43(4)31-38-53-46(50)28-21-17-13-11-15-19-23-33-48(55-42-45(56-48)30-35-49-36-40-52-41-37-49)34-24-20-16-12-14-18-22-29-47(51)54-39-32-44(26-9-6-2)27-10-7-3/h26,43-45H,2,5,7-8,10-25,27-42H2,1,3-4H3. The molecule has 0 saturated carbocycles. The number of esters is 2. The molecule has 8 nitrogen and oxygen atoms in total. The van der Waals surface area contributed by atoms with E-state index in [-0.39, 0.29) is 18.0 Å². The number of rotatable bonds is 36. The van der Waals surface area contributed by atoms with Crippen LogP contribution in [0.15, 0.2) is 24.1 Å². The largest absolute Gasteiger partial charge is 0.466 e. The summed E-state index contributed by atoms with van der Waals surface area (Å²) in [6, 6.07) is 0. The minimum Gasteiger partial charge on any atom is -0.466 e. The number of hydrogen-bond donors (Lipinski definition) is 0. The highest BCUT2D eigenvalue weighted by Gasteiger charge is 2.40. The second kappa shape index (κ2) is 34.0. The van der Waals surface area contributed by atoms with Gasteiger partial charge in [-0.1, -0.05) is 129 Å². The minimum atomic E-state index is -0.432. The molecule has 0 spiro atoms. The lowest BCUT2D eigenvalue weighted by atomic mass is 9.98. The highest BCUT2D eigenvalue weighted by atomic mass is 16.7. The van der Waals surface area contributed by atoms with E-state index < -0.39 is 5.79 Å². The number of carbonyl (C=O) groups excluding carboxylic acids is 2. The van der Waals surface area contributed by atoms with Crippen molar-refractivity contribution in [3.05, 3.63) is 24.1 Å². The van der Waals surface area contributed by atoms with E-state index >= 15 is 0 Å². The fourth-order valence-electron chi connectivity index (χ4n) is 7.89. The fourth-order valence-corrected chi connectivity index (χ4v) is 7.89. The SMILES string of the molecule is C=C=C=CC(CCCC)CCOC(=O)CCCCCCCCCC1(CCCCCCCCCC(=O)OCCC(C)CCCC)OCC(CCN2CCOCC2)O1. The second-order valence-electron chi connectivity index (χ2n) is 16.8. The van der Waals surface area contributed by atoms with E-state index in [4.69, 9.17) is 23.7 Å². The van der Waals surface area contributed by atoms with Crippen molar-refractivity contribution < 1.29 is 33.3 Å². The van der Waals surface area contributed by atoms with E-state index in [0.717, 1.165) is 129 Å². The number of nitrogens with zero attached hydrogens (tertiary/aromatic N) is 1. The van der Waals surface area contributed by atoms with Crippen molar-refractivity contribution in [1.82, 2.24) is 4.90 Å². The summed E-state index contributed by atoms with van der Waals surface area (Å²) in [5.74, 6) is 0.480. The summed E-state index contributed by atoms with van der Waals surface area (Å²) in [6.07, 6.45) is 31.0. The Labute approximate surface area is 343 Å². The molecule has 4 unspecified atom stereocenters. The van der Waals surface area contributed by atoms with Gasteiger partial charge in [-0.05, 0) is 75.9 Å². The minimum absolute atomic E-state index is 0.0268. The number of unbranched alkanes of at least 4 members (excludes halogenated alkanes) is 14. The van der Waals surface area contributed by atoms with Crippen LogP contribution >= 0.6 is 0 Å². The number of allylic oxidation sites excluding steroid dienone is 1. The Balaban J connectivity index is 1.58. The van der Waals surface area contributed by atoms with E-state index in [1.165, 1.54) is 64.2 Å². The van der Waals surface area contributed by atoms with Gasteiger partial charge >= 0.3 is 11.9 Å². The smallest absolute Gasteiger partial charge is 0.305 e. The normalized spacial score (nSPS) is 19.6. The lowest BCUT2D eigenvalue weighted by molar-refractivity contribution is -0.180. The molecule has 8 heteroatoms. The molecule has 4 atom stereocenters.